The number of non-ortho nitro benzene ring substituents is 1. The van der Waals surface area contributed by atoms with E-state index in [0.717, 1.165) is 11.8 Å². The molecule has 0 saturated carbocycles. The van der Waals surface area contributed by atoms with Crippen molar-refractivity contribution in [1.82, 2.24) is 20.2 Å². The summed E-state index contributed by atoms with van der Waals surface area (Å²) in [6.07, 6.45) is 0. The van der Waals surface area contributed by atoms with Crippen LogP contribution in [0.25, 0.3) is 5.69 Å². The molecule has 3 rings (SSSR count). The molecule has 0 aliphatic rings. The molecule has 3 aromatic rings. The predicted octanol–water partition coefficient (Wildman–Crippen LogP) is 2.95. The number of carbonyl (C=O) groups excluding carboxylic acids is 1. The minimum Gasteiger partial charge on any atom is -0.325 e. The number of rotatable bonds is 6. The summed E-state index contributed by atoms with van der Waals surface area (Å²) >= 11 is 7.02. The molecule has 132 valence electrons. The van der Waals surface area contributed by atoms with Crippen LogP contribution in [-0.2, 0) is 4.79 Å². The maximum atomic E-state index is 12.1. The first kappa shape index (κ1) is 17.8. The van der Waals surface area contributed by atoms with Gasteiger partial charge < -0.3 is 5.32 Å². The lowest BCUT2D eigenvalue weighted by Gasteiger charge is -2.06. The SMILES string of the molecule is O=C(CSc1nnnn1-c1ccc([N+](=O)[O-])cc1)Nc1cccc(Cl)c1. The lowest BCUT2D eigenvalue weighted by molar-refractivity contribution is -0.384. The van der Waals surface area contributed by atoms with E-state index in [0.29, 0.717) is 21.6 Å². The first-order valence-electron chi connectivity index (χ1n) is 7.24. The molecule has 0 unspecified atom stereocenters. The van der Waals surface area contributed by atoms with Crippen LogP contribution in [0.15, 0.2) is 53.7 Å². The number of thioether (sulfide) groups is 1. The molecule has 0 bridgehead atoms. The molecule has 9 nitrogen and oxygen atoms in total. The number of halogens is 1. The molecule has 1 heterocycles. The maximum absolute atomic E-state index is 12.1. The number of nitro benzene ring substituents is 1. The molecule has 1 amide bonds. The van der Waals surface area contributed by atoms with Gasteiger partial charge >= 0.3 is 0 Å². The molecule has 0 atom stereocenters. The Morgan fingerprint density at radius 1 is 1.27 bits per heavy atom. The van der Waals surface area contributed by atoms with Crippen molar-refractivity contribution in [2.24, 2.45) is 0 Å². The summed E-state index contributed by atoms with van der Waals surface area (Å²) in [5, 5.41) is 25.7. The van der Waals surface area contributed by atoms with Crippen LogP contribution >= 0.6 is 23.4 Å². The Bertz CT molecular complexity index is 947. The van der Waals surface area contributed by atoms with Gasteiger partial charge in [0.05, 0.1) is 16.4 Å². The number of tetrazole rings is 1. The Balaban J connectivity index is 1.65. The van der Waals surface area contributed by atoms with Gasteiger partial charge in [-0.25, -0.2) is 0 Å². The number of benzene rings is 2. The lowest BCUT2D eigenvalue weighted by atomic mass is 10.3. The fourth-order valence-corrected chi connectivity index (χ4v) is 2.92. The number of aromatic nitrogens is 4. The van der Waals surface area contributed by atoms with E-state index in [9.17, 15) is 14.9 Å². The second kappa shape index (κ2) is 7.93. The van der Waals surface area contributed by atoms with E-state index < -0.39 is 4.92 Å². The van der Waals surface area contributed by atoms with Gasteiger partial charge in [-0.2, -0.15) is 4.68 Å². The normalized spacial score (nSPS) is 10.5. The first-order valence-corrected chi connectivity index (χ1v) is 8.61. The van der Waals surface area contributed by atoms with Gasteiger partial charge in [-0.05, 0) is 40.8 Å². The van der Waals surface area contributed by atoms with Gasteiger partial charge in [0.2, 0.25) is 11.1 Å². The van der Waals surface area contributed by atoms with Crippen molar-refractivity contribution in [3.05, 3.63) is 63.7 Å². The van der Waals surface area contributed by atoms with Crippen molar-refractivity contribution in [2.75, 3.05) is 11.1 Å². The Morgan fingerprint density at radius 2 is 2.04 bits per heavy atom. The van der Waals surface area contributed by atoms with Crippen LogP contribution in [0.1, 0.15) is 0 Å². The summed E-state index contributed by atoms with van der Waals surface area (Å²) < 4.78 is 1.40. The largest absolute Gasteiger partial charge is 0.325 e. The zero-order valence-electron chi connectivity index (χ0n) is 13.1. The molecular weight excluding hydrogens is 380 g/mol. The van der Waals surface area contributed by atoms with Crippen LogP contribution in [0.2, 0.25) is 5.02 Å². The number of amides is 1. The monoisotopic (exact) mass is 390 g/mol. The highest BCUT2D eigenvalue weighted by Crippen LogP contribution is 2.21. The minimum absolute atomic E-state index is 0.0306. The summed E-state index contributed by atoms with van der Waals surface area (Å²) in [6, 6.07) is 12.6. The van der Waals surface area contributed by atoms with E-state index >= 15 is 0 Å². The topological polar surface area (TPSA) is 116 Å². The Morgan fingerprint density at radius 3 is 2.73 bits per heavy atom. The van der Waals surface area contributed by atoms with Gasteiger partial charge in [-0.15, -0.1) is 5.10 Å². The van der Waals surface area contributed by atoms with Crippen LogP contribution in [0, 0.1) is 10.1 Å². The second-order valence-electron chi connectivity index (χ2n) is 4.99. The van der Waals surface area contributed by atoms with Gasteiger partial charge in [0.1, 0.15) is 0 Å². The highest BCUT2D eigenvalue weighted by atomic mass is 35.5. The highest BCUT2D eigenvalue weighted by Gasteiger charge is 2.13. The third-order valence-corrected chi connectivity index (χ3v) is 4.34. The third kappa shape index (κ3) is 4.35. The smallest absolute Gasteiger partial charge is 0.269 e. The van der Waals surface area contributed by atoms with Crippen molar-refractivity contribution in [1.29, 1.82) is 0 Å². The molecular formula is C15H11ClN6O3S. The van der Waals surface area contributed by atoms with Crippen LogP contribution in [0.3, 0.4) is 0 Å². The summed E-state index contributed by atoms with van der Waals surface area (Å²) in [6.45, 7) is 0. The summed E-state index contributed by atoms with van der Waals surface area (Å²) in [7, 11) is 0. The third-order valence-electron chi connectivity index (χ3n) is 3.19. The number of hydrogen-bond acceptors (Lipinski definition) is 7. The maximum Gasteiger partial charge on any atom is 0.269 e. The zero-order valence-corrected chi connectivity index (χ0v) is 14.6. The van der Waals surface area contributed by atoms with E-state index in [2.05, 4.69) is 20.8 Å². The fourth-order valence-electron chi connectivity index (χ4n) is 2.04. The van der Waals surface area contributed by atoms with E-state index in [-0.39, 0.29) is 17.3 Å². The number of carbonyl (C=O) groups is 1. The first-order chi connectivity index (χ1) is 12.5. The summed E-state index contributed by atoms with van der Waals surface area (Å²) in [4.78, 5) is 22.3. The highest BCUT2D eigenvalue weighted by molar-refractivity contribution is 7.99. The van der Waals surface area contributed by atoms with Crippen molar-refractivity contribution in [3.63, 3.8) is 0 Å². The number of nitro groups is 1. The molecule has 1 aromatic heterocycles. The van der Waals surface area contributed by atoms with Crippen molar-refractivity contribution in [3.8, 4) is 5.69 Å². The number of anilines is 1. The van der Waals surface area contributed by atoms with Gasteiger partial charge in [-0.3, -0.25) is 14.9 Å². The molecule has 26 heavy (non-hydrogen) atoms. The van der Waals surface area contributed by atoms with Gasteiger partial charge in [0.25, 0.3) is 5.69 Å². The van der Waals surface area contributed by atoms with E-state index in [4.69, 9.17) is 11.6 Å². The molecule has 0 radical (unpaired) electrons. The van der Waals surface area contributed by atoms with Crippen molar-refractivity contribution >= 4 is 40.6 Å². The second-order valence-corrected chi connectivity index (χ2v) is 6.37. The van der Waals surface area contributed by atoms with Gasteiger partial charge in [0, 0.05) is 22.8 Å². The molecule has 0 aliphatic heterocycles. The molecule has 2 aromatic carbocycles. The van der Waals surface area contributed by atoms with Crippen LogP contribution in [-0.4, -0.2) is 36.8 Å². The number of nitrogens with one attached hydrogen (secondary N) is 1. The molecule has 0 fully saturated rings. The van der Waals surface area contributed by atoms with Gasteiger partial charge in [-0.1, -0.05) is 29.4 Å². The predicted molar refractivity (Wildman–Crippen MR) is 96.6 cm³/mol. The summed E-state index contributed by atoms with van der Waals surface area (Å²) in [5.74, 6) is -0.157. The quantitative estimate of drug-likeness (QED) is 0.390. The van der Waals surface area contributed by atoms with Crippen LogP contribution < -0.4 is 5.32 Å². The molecule has 0 aliphatic carbocycles. The molecule has 1 N–H and O–H groups in total. The zero-order chi connectivity index (χ0) is 18.5. The van der Waals surface area contributed by atoms with Crippen molar-refractivity contribution in [2.45, 2.75) is 5.16 Å². The minimum atomic E-state index is -0.487. The Hall–Kier alpha value is -2.98. The average Bonchev–Trinajstić information content (AvgIpc) is 3.08. The number of nitrogens with zero attached hydrogens (tertiary/aromatic N) is 5. The van der Waals surface area contributed by atoms with E-state index in [1.54, 1.807) is 24.3 Å². The molecule has 11 heteroatoms. The standard InChI is InChI=1S/C15H11ClN6O3S/c16-10-2-1-3-11(8-10)17-14(23)9-26-15-18-19-20-21(15)12-4-6-13(7-5-12)22(24)25/h1-8H,9H2,(H,17,23). The van der Waals surface area contributed by atoms with Crippen LogP contribution in [0.4, 0.5) is 11.4 Å². The lowest BCUT2D eigenvalue weighted by Crippen LogP contribution is -2.14. The molecule has 0 spiro atoms. The average molecular weight is 391 g/mol. The van der Waals surface area contributed by atoms with E-state index in [1.807, 2.05) is 0 Å². The fraction of sp³-hybridized carbons (Fsp3) is 0.0667. The Kier molecular flexibility index (Phi) is 5.44. The van der Waals surface area contributed by atoms with E-state index in [1.165, 1.54) is 28.9 Å². The van der Waals surface area contributed by atoms with Crippen LogP contribution in [0.5, 0.6) is 0 Å². The van der Waals surface area contributed by atoms with Gasteiger partial charge in [0.15, 0.2) is 0 Å². The Labute approximate surface area is 156 Å². The molecule has 0 saturated heterocycles. The number of hydrogen-bond donors (Lipinski definition) is 1. The van der Waals surface area contributed by atoms with Crippen molar-refractivity contribution < 1.29 is 9.72 Å². The summed E-state index contributed by atoms with van der Waals surface area (Å²) in [5.41, 5.74) is 1.12.